The molecule has 0 saturated carbocycles. The fraction of sp³-hybridized carbons (Fsp3) is 0.519. The molecule has 10 nitrogen and oxygen atoms in total. The molecule has 1 N–H and O–H groups in total. The van der Waals surface area contributed by atoms with Gasteiger partial charge < -0.3 is 19.6 Å². The van der Waals surface area contributed by atoms with E-state index in [1.165, 1.54) is 16.7 Å². The van der Waals surface area contributed by atoms with Crippen molar-refractivity contribution >= 4 is 56.5 Å². The molecule has 4 heterocycles. The van der Waals surface area contributed by atoms with Crippen molar-refractivity contribution in [2.24, 2.45) is 11.8 Å². The smallest absolute Gasteiger partial charge is 0.310 e. The van der Waals surface area contributed by atoms with Gasteiger partial charge in [-0.1, -0.05) is 45.4 Å². The molecule has 1 spiro atoms. The Kier molecular flexibility index (Phi) is 8.16. The first-order valence-electron chi connectivity index (χ1n) is 13.1. The maximum absolute atomic E-state index is 14.4. The molecule has 0 radical (unpaired) electrons. The number of carbonyl (C=O) groups is 3. The summed E-state index contributed by atoms with van der Waals surface area (Å²) in [6, 6.07) is 6.62. The summed E-state index contributed by atoms with van der Waals surface area (Å²) < 4.78 is 6.43. The van der Waals surface area contributed by atoms with Gasteiger partial charge >= 0.3 is 5.97 Å². The third kappa shape index (κ3) is 4.70. The van der Waals surface area contributed by atoms with Crippen molar-refractivity contribution in [2.45, 2.75) is 46.8 Å². The van der Waals surface area contributed by atoms with Crippen LogP contribution in [0.1, 0.15) is 19.3 Å². The number of hydrogen-bond donors (Lipinski definition) is 1. The van der Waals surface area contributed by atoms with E-state index in [4.69, 9.17) is 4.74 Å². The predicted octanol–water partition coefficient (Wildman–Crippen LogP) is 2.37. The number of hydrogen-bond acceptors (Lipinski definition) is 8. The van der Waals surface area contributed by atoms with E-state index in [0.717, 1.165) is 11.9 Å². The highest BCUT2D eigenvalue weighted by Crippen LogP contribution is 2.68. The number of alkyl halides is 1. The normalized spacial score (nSPS) is 29.0. The van der Waals surface area contributed by atoms with E-state index in [0.29, 0.717) is 18.4 Å². The second-order valence-corrected chi connectivity index (χ2v) is 12.8. The van der Waals surface area contributed by atoms with Crippen molar-refractivity contribution in [2.75, 3.05) is 26.3 Å². The molecule has 3 fully saturated rings. The lowest BCUT2D eigenvalue weighted by Gasteiger charge is -2.37. The summed E-state index contributed by atoms with van der Waals surface area (Å²) in [6.45, 7) is 7.83. The number of nitrogens with zero attached hydrogens (tertiary/aromatic N) is 5. The number of amides is 2. The minimum absolute atomic E-state index is 0.000949. The largest absolute Gasteiger partial charge is 0.465 e. The fourth-order valence-electron chi connectivity index (χ4n) is 6.25. The van der Waals surface area contributed by atoms with Crippen LogP contribution in [0.3, 0.4) is 0 Å². The van der Waals surface area contributed by atoms with Gasteiger partial charge in [0.2, 0.25) is 11.8 Å². The molecule has 3 aliphatic rings. The molecule has 12 heteroatoms. The topological polar surface area (TPSA) is 118 Å². The molecule has 1 aromatic heterocycles. The van der Waals surface area contributed by atoms with E-state index in [1.807, 2.05) is 24.3 Å². The SMILES string of the molecule is C=CCCCOC(=O)[C@H]1[C@H]2C(=O)N(CCO)C(C(=O)N(CC=C)Cn3nnc4ccccc43)C23CC(Br)[C@@H]1S3. The van der Waals surface area contributed by atoms with E-state index in [2.05, 4.69) is 39.4 Å². The molecule has 208 valence electrons. The highest BCUT2D eigenvalue weighted by atomic mass is 79.9. The van der Waals surface area contributed by atoms with Gasteiger partial charge in [0.05, 0.1) is 35.3 Å². The summed E-state index contributed by atoms with van der Waals surface area (Å²) in [4.78, 5) is 44.6. The number of fused-ring (bicyclic) bond motifs is 2. The minimum atomic E-state index is -0.856. The Bertz CT molecular complexity index is 1290. The van der Waals surface area contributed by atoms with Crippen LogP contribution < -0.4 is 0 Å². The Morgan fingerprint density at radius 2 is 2.10 bits per heavy atom. The van der Waals surface area contributed by atoms with Gasteiger partial charge in [-0.25, -0.2) is 4.68 Å². The number of aliphatic hydroxyl groups excluding tert-OH is 1. The number of likely N-dealkylation sites (tertiary alicyclic amines) is 1. The standard InChI is InChI=1S/C27H32BrN5O5S/c1-3-5-8-14-38-26(37)20-21-24(35)32(12-13-34)23(27(21)15-17(28)22(20)39-27)25(36)31(11-4-2)16-33-19-10-7-6-9-18(19)29-30-33/h3-4,6-7,9-10,17,20-23,34H,1-2,5,8,11-16H2/t17?,20-,21-,22-,23?,27?/m0/s1. The van der Waals surface area contributed by atoms with E-state index >= 15 is 0 Å². The number of ether oxygens (including phenoxy) is 1. The Hall–Kier alpha value is -2.70. The van der Waals surface area contributed by atoms with Gasteiger partial charge in [-0.2, -0.15) is 0 Å². The van der Waals surface area contributed by atoms with Crippen LogP contribution in [0, 0.1) is 11.8 Å². The number of rotatable bonds is 12. The van der Waals surface area contributed by atoms with Gasteiger partial charge in [0.15, 0.2) is 0 Å². The zero-order valence-electron chi connectivity index (χ0n) is 21.5. The van der Waals surface area contributed by atoms with Gasteiger partial charge in [0.1, 0.15) is 18.2 Å². The van der Waals surface area contributed by atoms with Crippen molar-refractivity contribution in [1.82, 2.24) is 24.8 Å². The van der Waals surface area contributed by atoms with Crippen molar-refractivity contribution < 1.29 is 24.2 Å². The molecule has 6 atom stereocenters. The van der Waals surface area contributed by atoms with Crippen LogP contribution >= 0.6 is 27.7 Å². The number of allylic oxidation sites excluding steroid dienone is 1. The monoisotopic (exact) mass is 617 g/mol. The number of β-amino-alcohol motifs (C(OH)–C–C–N with tert-alkyl or cyclic N) is 1. The lowest BCUT2D eigenvalue weighted by atomic mass is 9.71. The number of aromatic nitrogens is 3. The lowest BCUT2D eigenvalue weighted by Crippen LogP contribution is -2.56. The van der Waals surface area contributed by atoms with Gasteiger partial charge in [0, 0.05) is 23.2 Å². The Morgan fingerprint density at radius 1 is 1.31 bits per heavy atom. The molecule has 3 aliphatic heterocycles. The third-order valence-electron chi connectivity index (χ3n) is 7.82. The van der Waals surface area contributed by atoms with Crippen LogP contribution in [0.15, 0.2) is 49.6 Å². The summed E-state index contributed by atoms with van der Waals surface area (Å²) in [5.41, 5.74) is 1.49. The molecule has 2 amide bonds. The highest BCUT2D eigenvalue weighted by Gasteiger charge is 2.76. The number of aliphatic hydroxyl groups is 1. The summed E-state index contributed by atoms with van der Waals surface area (Å²) in [6.07, 6.45) is 5.34. The molecular weight excluding hydrogens is 586 g/mol. The molecule has 1 aromatic carbocycles. The van der Waals surface area contributed by atoms with E-state index in [1.54, 1.807) is 21.7 Å². The zero-order valence-corrected chi connectivity index (χ0v) is 23.9. The van der Waals surface area contributed by atoms with Crippen LogP contribution in [0.4, 0.5) is 0 Å². The van der Waals surface area contributed by atoms with Crippen molar-refractivity contribution in [3.8, 4) is 0 Å². The van der Waals surface area contributed by atoms with Crippen LogP contribution in [-0.4, -0.2) is 94.9 Å². The third-order valence-corrected chi connectivity index (χ3v) is 11.0. The first-order valence-corrected chi connectivity index (χ1v) is 14.9. The molecule has 39 heavy (non-hydrogen) atoms. The second-order valence-electron chi connectivity index (χ2n) is 10.1. The second kappa shape index (κ2) is 11.4. The van der Waals surface area contributed by atoms with Gasteiger partial charge in [-0.05, 0) is 31.4 Å². The molecule has 2 bridgehead atoms. The predicted molar refractivity (Wildman–Crippen MR) is 151 cm³/mol. The first kappa shape index (κ1) is 27.9. The van der Waals surface area contributed by atoms with Gasteiger partial charge in [-0.3, -0.25) is 14.4 Å². The highest BCUT2D eigenvalue weighted by molar-refractivity contribution is 9.09. The van der Waals surface area contributed by atoms with E-state index in [9.17, 15) is 19.5 Å². The summed E-state index contributed by atoms with van der Waals surface area (Å²) in [5, 5.41) is 18.1. The number of esters is 1. The average molecular weight is 619 g/mol. The minimum Gasteiger partial charge on any atom is -0.465 e. The van der Waals surface area contributed by atoms with Crippen molar-refractivity contribution in [1.29, 1.82) is 0 Å². The van der Waals surface area contributed by atoms with Crippen LogP contribution in [0.5, 0.6) is 0 Å². The van der Waals surface area contributed by atoms with E-state index < -0.39 is 28.6 Å². The number of unbranched alkanes of at least 4 members (excludes halogenated alkanes) is 1. The molecule has 3 saturated heterocycles. The zero-order chi connectivity index (χ0) is 27.7. The number of benzene rings is 1. The molecule has 0 aliphatic carbocycles. The molecule has 5 rings (SSSR count). The molecular formula is C27H32BrN5O5S. The fourth-order valence-corrected chi connectivity index (χ4v) is 9.85. The average Bonchev–Trinajstić information content (AvgIpc) is 3.64. The first-order chi connectivity index (χ1) is 18.9. The van der Waals surface area contributed by atoms with Gasteiger partial charge in [-0.15, -0.1) is 30.0 Å². The lowest BCUT2D eigenvalue weighted by molar-refractivity contribution is -0.154. The molecule has 2 aromatic rings. The summed E-state index contributed by atoms with van der Waals surface area (Å²) >= 11 is 5.28. The van der Waals surface area contributed by atoms with Gasteiger partial charge in [0.25, 0.3) is 0 Å². The maximum atomic E-state index is 14.4. The Morgan fingerprint density at radius 3 is 2.85 bits per heavy atom. The van der Waals surface area contributed by atoms with Crippen LogP contribution in [-0.2, 0) is 25.8 Å². The Labute approximate surface area is 239 Å². The Balaban J connectivity index is 1.47. The number of para-hydroxylation sites is 1. The number of halogens is 1. The van der Waals surface area contributed by atoms with Crippen molar-refractivity contribution in [3.05, 3.63) is 49.6 Å². The maximum Gasteiger partial charge on any atom is 0.310 e. The van der Waals surface area contributed by atoms with E-state index in [-0.39, 0.29) is 54.9 Å². The van der Waals surface area contributed by atoms with Crippen LogP contribution in [0.25, 0.3) is 11.0 Å². The molecule has 3 unspecified atom stereocenters. The number of thioether (sulfide) groups is 1. The summed E-state index contributed by atoms with van der Waals surface area (Å²) in [5.74, 6) is -2.34. The van der Waals surface area contributed by atoms with Crippen LogP contribution in [0.2, 0.25) is 0 Å². The number of carbonyl (C=O) groups excluding carboxylic acids is 3. The van der Waals surface area contributed by atoms with Crippen molar-refractivity contribution in [3.63, 3.8) is 0 Å². The quantitative estimate of drug-likeness (QED) is 0.167. The summed E-state index contributed by atoms with van der Waals surface area (Å²) in [7, 11) is 0.